The highest BCUT2D eigenvalue weighted by atomic mass is 32.2. The van der Waals surface area contributed by atoms with E-state index in [4.69, 9.17) is 0 Å². The second-order valence-electron chi connectivity index (χ2n) is 7.80. The van der Waals surface area contributed by atoms with Gasteiger partial charge in [-0.25, -0.2) is 4.79 Å². The third-order valence-corrected chi connectivity index (χ3v) is 7.12. The molecule has 2 saturated heterocycles. The van der Waals surface area contributed by atoms with Crippen LogP contribution in [0.15, 0.2) is 6.07 Å². The lowest BCUT2D eigenvalue weighted by Crippen LogP contribution is -2.65. The molecular formula is C19H26N4OS. The molecule has 2 aliphatic carbocycles. The summed E-state index contributed by atoms with van der Waals surface area (Å²) >= 11 is 1.59. The maximum Gasteiger partial charge on any atom is 0.329 e. The van der Waals surface area contributed by atoms with Crippen molar-refractivity contribution in [1.29, 1.82) is 0 Å². The molecule has 134 valence electrons. The summed E-state index contributed by atoms with van der Waals surface area (Å²) in [5.41, 5.74) is 6.86. The first-order chi connectivity index (χ1) is 12.3. The molecule has 0 saturated carbocycles. The normalized spacial score (nSPS) is 22.9. The maximum atomic E-state index is 12.5. The predicted molar refractivity (Wildman–Crippen MR) is 102 cm³/mol. The summed E-state index contributed by atoms with van der Waals surface area (Å²) in [5.74, 6) is 0. The lowest BCUT2D eigenvalue weighted by molar-refractivity contribution is 0.0887. The van der Waals surface area contributed by atoms with E-state index >= 15 is 0 Å². The molecule has 0 bridgehead atoms. The van der Waals surface area contributed by atoms with Crippen LogP contribution in [0.4, 0.5) is 10.5 Å². The van der Waals surface area contributed by atoms with E-state index in [0.29, 0.717) is 5.25 Å². The number of nitrogens with one attached hydrogen (secondary N) is 3. The molecule has 2 aliphatic heterocycles. The van der Waals surface area contributed by atoms with Crippen LogP contribution < -0.4 is 15.4 Å². The van der Waals surface area contributed by atoms with Crippen molar-refractivity contribution in [3.8, 4) is 0 Å². The first kappa shape index (κ1) is 16.0. The lowest BCUT2D eigenvalue weighted by Gasteiger charge is -2.47. The number of nitrogens with zero attached hydrogens (tertiary/aromatic N) is 1. The molecule has 2 heterocycles. The molecule has 5 rings (SSSR count). The van der Waals surface area contributed by atoms with Gasteiger partial charge >= 0.3 is 6.03 Å². The quantitative estimate of drug-likeness (QED) is 0.722. The Morgan fingerprint density at radius 1 is 1.08 bits per heavy atom. The van der Waals surface area contributed by atoms with Crippen molar-refractivity contribution in [3.63, 3.8) is 0 Å². The fourth-order valence-electron chi connectivity index (χ4n) is 4.62. The standard InChI is InChI=1S/C19H26N4OS/c24-19(22-25-15-10-23(11-15)14-8-20-9-14)21-18-16-5-1-3-12(16)7-13-4-2-6-17(13)18/h7,14-15,20H,1-6,8-11H2,(H2,21,22,24). The number of aryl methyl sites for hydroxylation is 2. The van der Waals surface area contributed by atoms with Gasteiger partial charge in [-0.3, -0.25) is 9.62 Å². The third-order valence-electron chi connectivity index (χ3n) is 6.18. The van der Waals surface area contributed by atoms with Crippen LogP contribution in [0.3, 0.4) is 0 Å². The molecule has 6 heteroatoms. The predicted octanol–water partition coefficient (Wildman–Crippen LogP) is 2.09. The lowest BCUT2D eigenvalue weighted by atomic mass is 9.99. The number of fused-ring (bicyclic) bond motifs is 2. The Balaban J connectivity index is 1.19. The number of hydrogen-bond donors (Lipinski definition) is 3. The summed E-state index contributed by atoms with van der Waals surface area (Å²) < 4.78 is 3.04. The average Bonchev–Trinajstić information content (AvgIpc) is 3.15. The van der Waals surface area contributed by atoms with Crippen LogP contribution in [0.1, 0.15) is 35.1 Å². The number of carbonyl (C=O) groups is 1. The van der Waals surface area contributed by atoms with Crippen LogP contribution in [0.5, 0.6) is 0 Å². The molecule has 0 unspecified atom stereocenters. The van der Waals surface area contributed by atoms with Gasteiger partial charge in [-0.15, -0.1) is 0 Å². The third kappa shape index (κ3) is 2.94. The molecule has 2 amide bonds. The topological polar surface area (TPSA) is 56.4 Å². The number of hydrogen-bond acceptors (Lipinski definition) is 4. The van der Waals surface area contributed by atoms with Gasteiger partial charge in [-0.2, -0.15) is 0 Å². The fraction of sp³-hybridized carbons (Fsp3) is 0.632. The van der Waals surface area contributed by atoms with E-state index < -0.39 is 0 Å². The second kappa shape index (κ2) is 6.49. The van der Waals surface area contributed by atoms with Gasteiger partial charge in [0, 0.05) is 37.9 Å². The smallest absolute Gasteiger partial charge is 0.314 e. The van der Waals surface area contributed by atoms with Gasteiger partial charge in [0.15, 0.2) is 0 Å². The summed E-state index contributed by atoms with van der Waals surface area (Å²) in [5, 5.41) is 7.05. The molecule has 0 atom stereocenters. The van der Waals surface area contributed by atoms with Crippen LogP contribution >= 0.6 is 11.9 Å². The maximum absolute atomic E-state index is 12.5. The number of amides is 2. The summed E-state index contributed by atoms with van der Waals surface area (Å²) in [4.78, 5) is 15.0. The molecule has 0 aromatic heterocycles. The number of rotatable bonds is 4. The number of likely N-dealkylation sites (tertiary alicyclic amines) is 1. The Kier molecular flexibility index (Phi) is 4.14. The van der Waals surface area contributed by atoms with Crippen LogP contribution in [0, 0.1) is 0 Å². The molecule has 0 spiro atoms. The SMILES string of the molecule is O=C(NSC1CN(C2CNC2)C1)Nc1c2c(cc3c1CCC3)CCC2. The zero-order valence-corrected chi connectivity index (χ0v) is 15.4. The van der Waals surface area contributed by atoms with Gasteiger partial charge in [-0.1, -0.05) is 6.07 Å². The Labute approximate surface area is 153 Å². The molecule has 5 nitrogen and oxygen atoms in total. The number of anilines is 1. The van der Waals surface area contributed by atoms with Crippen molar-refractivity contribution in [2.24, 2.45) is 0 Å². The molecule has 0 radical (unpaired) electrons. The molecule has 25 heavy (non-hydrogen) atoms. The Hall–Kier alpha value is -1.24. The van der Waals surface area contributed by atoms with Crippen molar-refractivity contribution >= 4 is 23.7 Å². The minimum atomic E-state index is -0.0526. The Morgan fingerprint density at radius 2 is 1.76 bits per heavy atom. The van der Waals surface area contributed by atoms with Crippen LogP contribution in [0.25, 0.3) is 0 Å². The van der Waals surface area contributed by atoms with Gasteiger partial charge in [-0.05, 0) is 72.7 Å². The van der Waals surface area contributed by atoms with Gasteiger partial charge in [0.2, 0.25) is 0 Å². The van der Waals surface area contributed by atoms with Crippen molar-refractivity contribution in [3.05, 3.63) is 28.3 Å². The second-order valence-corrected chi connectivity index (χ2v) is 8.90. The average molecular weight is 359 g/mol. The first-order valence-corrected chi connectivity index (χ1v) is 10.5. The molecule has 1 aromatic carbocycles. The van der Waals surface area contributed by atoms with E-state index in [1.165, 1.54) is 47.9 Å². The summed E-state index contributed by atoms with van der Waals surface area (Å²) in [7, 11) is 0. The summed E-state index contributed by atoms with van der Waals surface area (Å²) in [6.07, 6.45) is 6.99. The van der Waals surface area contributed by atoms with Crippen molar-refractivity contribution in [1.82, 2.24) is 14.9 Å². The highest BCUT2D eigenvalue weighted by Gasteiger charge is 2.35. The highest BCUT2D eigenvalue weighted by molar-refractivity contribution is 7.98. The Bertz CT molecular complexity index is 665. The van der Waals surface area contributed by atoms with Gasteiger partial charge in [0.25, 0.3) is 0 Å². The Morgan fingerprint density at radius 3 is 2.36 bits per heavy atom. The number of urea groups is 1. The van der Waals surface area contributed by atoms with E-state index in [9.17, 15) is 4.79 Å². The fourth-order valence-corrected chi connectivity index (χ4v) is 5.47. The van der Waals surface area contributed by atoms with Crippen LogP contribution in [-0.2, 0) is 25.7 Å². The van der Waals surface area contributed by atoms with E-state index in [0.717, 1.165) is 50.7 Å². The summed E-state index contributed by atoms with van der Waals surface area (Å²) in [6.45, 7) is 4.42. The van der Waals surface area contributed by atoms with Gasteiger partial charge in [0.1, 0.15) is 0 Å². The zero-order chi connectivity index (χ0) is 16.8. The molecule has 2 fully saturated rings. The van der Waals surface area contributed by atoms with E-state index in [1.54, 1.807) is 11.9 Å². The zero-order valence-electron chi connectivity index (χ0n) is 14.6. The van der Waals surface area contributed by atoms with Crippen molar-refractivity contribution < 1.29 is 4.79 Å². The number of benzene rings is 1. The van der Waals surface area contributed by atoms with Crippen LogP contribution in [0.2, 0.25) is 0 Å². The van der Waals surface area contributed by atoms with E-state index in [2.05, 4.69) is 26.3 Å². The van der Waals surface area contributed by atoms with Crippen molar-refractivity contribution in [2.75, 3.05) is 31.5 Å². The highest BCUT2D eigenvalue weighted by Crippen LogP contribution is 2.38. The van der Waals surface area contributed by atoms with Gasteiger partial charge in [0.05, 0.1) is 5.25 Å². The molecule has 1 aromatic rings. The van der Waals surface area contributed by atoms with Gasteiger partial charge < -0.3 is 10.6 Å². The monoisotopic (exact) mass is 358 g/mol. The summed E-state index contributed by atoms with van der Waals surface area (Å²) in [6, 6.07) is 3.07. The molecule has 4 aliphatic rings. The molecular weight excluding hydrogens is 332 g/mol. The van der Waals surface area contributed by atoms with E-state index in [1.807, 2.05) is 0 Å². The molecule has 3 N–H and O–H groups in total. The minimum Gasteiger partial charge on any atom is -0.314 e. The first-order valence-electron chi connectivity index (χ1n) is 9.62. The van der Waals surface area contributed by atoms with Crippen molar-refractivity contribution in [2.45, 2.75) is 49.8 Å². The number of carbonyl (C=O) groups excluding carboxylic acids is 1. The largest absolute Gasteiger partial charge is 0.329 e. The van der Waals surface area contributed by atoms with Crippen LogP contribution in [-0.4, -0.2) is 48.4 Å². The minimum absolute atomic E-state index is 0.0526. The van der Waals surface area contributed by atoms with E-state index in [-0.39, 0.29) is 6.03 Å².